The number of halogens is 2. The van der Waals surface area contributed by atoms with Gasteiger partial charge in [-0.2, -0.15) is 10.4 Å². The molecule has 4 rings (SSSR count). The number of aromatic nitrogens is 2. The van der Waals surface area contributed by atoms with Crippen LogP contribution in [0.4, 0.5) is 0 Å². The molecule has 0 unspecified atom stereocenters. The molecule has 2 aromatic carbocycles. The normalized spacial score (nSPS) is 15.9. The quantitative estimate of drug-likeness (QED) is 0.680. The molecule has 0 aliphatic carbocycles. The number of fused-ring (bicyclic) bond motifs is 1. The molecule has 2 heterocycles. The second kappa shape index (κ2) is 6.66. The van der Waals surface area contributed by atoms with Crippen molar-refractivity contribution in [1.29, 1.82) is 5.26 Å². The Labute approximate surface area is 166 Å². The van der Waals surface area contributed by atoms with Crippen molar-refractivity contribution in [3.63, 3.8) is 0 Å². The molecule has 0 saturated heterocycles. The zero-order valence-electron chi connectivity index (χ0n) is 14.3. The molecule has 0 bridgehead atoms. The molecule has 134 valence electrons. The molecular weight excluding hydrogens is 383 g/mol. The van der Waals surface area contributed by atoms with E-state index in [1.165, 1.54) is 0 Å². The highest BCUT2D eigenvalue weighted by Crippen LogP contribution is 2.46. The van der Waals surface area contributed by atoms with E-state index in [0.717, 1.165) is 22.5 Å². The number of allylic oxidation sites excluding steroid dienone is 1. The second-order valence-corrected chi connectivity index (χ2v) is 6.99. The molecule has 1 aliphatic heterocycles. The summed E-state index contributed by atoms with van der Waals surface area (Å²) in [7, 11) is 0. The van der Waals surface area contributed by atoms with Gasteiger partial charge in [0.25, 0.3) is 0 Å². The summed E-state index contributed by atoms with van der Waals surface area (Å²) in [6.07, 6.45) is 0. The van der Waals surface area contributed by atoms with E-state index >= 15 is 0 Å². The standard InChI is InChI=1S/C20H14Cl2N4O/c1-11-17-18(14-8-7-12(21)9-16(14)22)15(10-23)19(24)27-20(17)26(25-11)13-5-3-2-4-6-13/h2-9,18H,24H2,1H3/t18-/m0/s1. The summed E-state index contributed by atoms with van der Waals surface area (Å²) in [5, 5.41) is 15.3. The lowest BCUT2D eigenvalue weighted by atomic mass is 9.84. The average Bonchev–Trinajstić information content (AvgIpc) is 2.98. The molecular formula is C20H14Cl2N4O. The summed E-state index contributed by atoms with van der Waals surface area (Å²) in [6, 6.07) is 16.9. The van der Waals surface area contributed by atoms with Crippen molar-refractivity contribution in [2.45, 2.75) is 12.8 Å². The fourth-order valence-corrected chi connectivity index (χ4v) is 3.82. The Morgan fingerprint density at radius 3 is 2.59 bits per heavy atom. The van der Waals surface area contributed by atoms with Crippen molar-refractivity contribution in [1.82, 2.24) is 9.78 Å². The summed E-state index contributed by atoms with van der Waals surface area (Å²) in [5.74, 6) is 0.0327. The van der Waals surface area contributed by atoms with Crippen molar-refractivity contribution in [2.75, 3.05) is 0 Å². The first-order valence-electron chi connectivity index (χ1n) is 8.18. The summed E-state index contributed by atoms with van der Waals surface area (Å²) in [5.41, 5.74) is 9.42. The van der Waals surface area contributed by atoms with Crippen LogP contribution in [0.15, 0.2) is 60.0 Å². The van der Waals surface area contributed by atoms with Gasteiger partial charge in [-0.05, 0) is 36.8 Å². The molecule has 27 heavy (non-hydrogen) atoms. The van der Waals surface area contributed by atoms with Crippen LogP contribution in [0.1, 0.15) is 22.7 Å². The highest BCUT2D eigenvalue weighted by molar-refractivity contribution is 6.35. The fourth-order valence-electron chi connectivity index (χ4n) is 3.30. The Bertz CT molecular complexity index is 1110. The van der Waals surface area contributed by atoms with Crippen LogP contribution in [-0.2, 0) is 0 Å². The van der Waals surface area contributed by atoms with E-state index in [1.807, 2.05) is 37.3 Å². The monoisotopic (exact) mass is 396 g/mol. The Hall–Kier alpha value is -2.94. The fraction of sp³-hybridized carbons (Fsp3) is 0.100. The van der Waals surface area contributed by atoms with Crippen molar-refractivity contribution >= 4 is 23.2 Å². The maximum Gasteiger partial charge on any atom is 0.229 e. The molecule has 0 saturated carbocycles. The second-order valence-electron chi connectivity index (χ2n) is 6.14. The van der Waals surface area contributed by atoms with Gasteiger partial charge in [0.05, 0.1) is 22.9 Å². The maximum absolute atomic E-state index is 9.71. The highest BCUT2D eigenvalue weighted by atomic mass is 35.5. The van der Waals surface area contributed by atoms with E-state index in [2.05, 4.69) is 11.2 Å². The number of nitrogens with two attached hydrogens (primary N) is 1. The van der Waals surface area contributed by atoms with Crippen LogP contribution in [0.25, 0.3) is 5.69 Å². The molecule has 2 N–H and O–H groups in total. The summed E-state index contributed by atoms with van der Waals surface area (Å²) in [6.45, 7) is 1.87. The van der Waals surface area contributed by atoms with Crippen LogP contribution < -0.4 is 10.5 Å². The van der Waals surface area contributed by atoms with Gasteiger partial charge in [-0.25, -0.2) is 4.68 Å². The topological polar surface area (TPSA) is 76.9 Å². The molecule has 7 heteroatoms. The molecule has 0 amide bonds. The van der Waals surface area contributed by atoms with Crippen LogP contribution >= 0.6 is 23.2 Å². The molecule has 3 aromatic rings. The zero-order chi connectivity index (χ0) is 19.1. The first-order valence-corrected chi connectivity index (χ1v) is 8.94. The van der Waals surface area contributed by atoms with E-state index < -0.39 is 5.92 Å². The maximum atomic E-state index is 9.71. The van der Waals surface area contributed by atoms with Gasteiger partial charge < -0.3 is 10.5 Å². The highest BCUT2D eigenvalue weighted by Gasteiger charge is 2.37. The zero-order valence-corrected chi connectivity index (χ0v) is 15.8. The molecule has 1 aromatic heterocycles. The minimum absolute atomic E-state index is 0.0399. The number of hydrogen-bond acceptors (Lipinski definition) is 4. The predicted octanol–water partition coefficient (Wildman–Crippen LogP) is 4.71. The van der Waals surface area contributed by atoms with Gasteiger partial charge in [0, 0.05) is 10.0 Å². The first kappa shape index (κ1) is 17.5. The van der Waals surface area contributed by atoms with Crippen molar-refractivity contribution in [2.24, 2.45) is 5.73 Å². The minimum Gasteiger partial charge on any atom is -0.422 e. The SMILES string of the molecule is Cc1nn(-c2ccccc2)c2c1[C@@H](c1ccc(Cl)cc1Cl)C(C#N)=C(N)O2. The number of rotatable bonds is 2. The van der Waals surface area contributed by atoms with Crippen LogP contribution in [0.2, 0.25) is 10.0 Å². The number of nitriles is 1. The third kappa shape index (κ3) is 2.84. The Morgan fingerprint density at radius 2 is 1.93 bits per heavy atom. The number of benzene rings is 2. The number of hydrogen-bond donors (Lipinski definition) is 1. The van der Waals surface area contributed by atoms with Gasteiger partial charge in [-0.3, -0.25) is 0 Å². The Kier molecular flexibility index (Phi) is 4.31. The lowest BCUT2D eigenvalue weighted by Gasteiger charge is -2.25. The molecule has 0 fully saturated rings. The smallest absolute Gasteiger partial charge is 0.229 e. The molecule has 0 radical (unpaired) electrons. The predicted molar refractivity (Wildman–Crippen MR) is 104 cm³/mol. The van der Waals surface area contributed by atoms with Crippen molar-refractivity contribution in [3.8, 4) is 17.6 Å². The largest absolute Gasteiger partial charge is 0.422 e. The van der Waals surface area contributed by atoms with E-state index in [9.17, 15) is 5.26 Å². The van der Waals surface area contributed by atoms with E-state index in [-0.39, 0.29) is 5.88 Å². The number of para-hydroxylation sites is 1. The van der Waals surface area contributed by atoms with Gasteiger partial charge in [-0.1, -0.05) is 47.5 Å². The third-order valence-electron chi connectivity index (χ3n) is 4.51. The van der Waals surface area contributed by atoms with Crippen LogP contribution in [-0.4, -0.2) is 9.78 Å². The number of nitrogens with zero attached hydrogens (tertiary/aromatic N) is 3. The van der Waals surface area contributed by atoms with Crippen LogP contribution in [0.3, 0.4) is 0 Å². The number of aryl methyl sites for hydroxylation is 1. The molecule has 1 atom stereocenters. The van der Waals surface area contributed by atoms with E-state index in [1.54, 1.807) is 22.9 Å². The van der Waals surface area contributed by atoms with Crippen molar-refractivity contribution in [3.05, 3.63) is 86.9 Å². The van der Waals surface area contributed by atoms with Crippen LogP contribution in [0, 0.1) is 18.3 Å². The number of ether oxygens (including phenoxy) is 1. The minimum atomic E-state index is -0.485. The van der Waals surface area contributed by atoms with Gasteiger partial charge in [0.1, 0.15) is 11.6 Å². The van der Waals surface area contributed by atoms with E-state index in [4.69, 9.17) is 33.7 Å². The lowest BCUT2D eigenvalue weighted by Crippen LogP contribution is -2.22. The Morgan fingerprint density at radius 1 is 1.19 bits per heavy atom. The van der Waals surface area contributed by atoms with Gasteiger partial charge in [0.2, 0.25) is 11.8 Å². The summed E-state index contributed by atoms with van der Waals surface area (Å²) < 4.78 is 7.51. The van der Waals surface area contributed by atoms with Gasteiger partial charge in [-0.15, -0.1) is 0 Å². The molecule has 5 nitrogen and oxygen atoms in total. The van der Waals surface area contributed by atoms with Gasteiger partial charge >= 0.3 is 0 Å². The average molecular weight is 397 g/mol. The lowest BCUT2D eigenvalue weighted by molar-refractivity contribution is 0.367. The third-order valence-corrected chi connectivity index (χ3v) is 5.07. The molecule has 0 spiro atoms. The first-order chi connectivity index (χ1) is 13.0. The van der Waals surface area contributed by atoms with Crippen molar-refractivity contribution < 1.29 is 4.74 Å². The van der Waals surface area contributed by atoms with E-state index in [0.29, 0.717) is 21.5 Å². The van der Waals surface area contributed by atoms with Crippen LogP contribution in [0.5, 0.6) is 5.88 Å². The molecule has 1 aliphatic rings. The van der Waals surface area contributed by atoms with Gasteiger partial charge in [0.15, 0.2) is 0 Å². The Balaban J connectivity index is 1.98. The summed E-state index contributed by atoms with van der Waals surface area (Å²) >= 11 is 12.5. The summed E-state index contributed by atoms with van der Waals surface area (Å²) in [4.78, 5) is 0.